The van der Waals surface area contributed by atoms with Gasteiger partial charge in [0.2, 0.25) is 0 Å². The van der Waals surface area contributed by atoms with Crippen molar-refractivity contribution < 1.29 is 25.9 Å². The summed E-state index contributed by atoms with van der Waals surface area (Å²) < 4.78 is 62.9. The average Bonchev–Trinajstić information content (AvgIpc) is 2.88. The van der Waals surface area contributed by atoms with E-state index in [0.29, 0.717) is 21.9 Å². The molecule has 0 unspecified atom stereocenters. The highest BCUT2D eigenvalue weighted by molar-refractivity contribution is 7.86. The molecule has 230 valence electrons. The Morgan fingerprint density at radius 2 is 0.737 bits per heavy atom. The van der Waals surface area contributed by atoms with E-state index in [9.17, 15) is 16.8 Å². The van der Waals surface area contributed by atoms with Gasteiger partial charge in [0, 0.05) is 0 Å². The van der Waals surface area contributed by atoms with Gasteiger partial charge in [-0.25, -0.2) is 0 Å². The van der Waals surface area contributed by atoms with Gasteiger partial charge in [-0.3, -0.25) is 9.11 Å². The molecule has 0 saturated heterocycles. The first-order valence-electron chi connectivity index (χ1n) is 14.2. The molecule has 8 heteroatoms. The van der Waals surface area contributed by atoms with E-state index in [2.05, 4.69) is 41.5 Å². The minimum atomic E-state index is -4.39. The summed E-state index contributed by atoms with van der Waals surface area (Å²) >= 11 is 0. The molecule has 0 aliphatic carbocycles. The van der Waals surface area contributed by atoms with E-state index in [1.54, 1.807) is 13.8 Å². The second kappa shape index (κ2) is 31.7. The zero-order valence-electron chi connectivity index (χ0n) is 27.5. The van der Waals surface area contributed by atoms with Crippen molar-refractivity contribution in [3.05, 3.63) is 35.4 Å². The van der Waals surface area contributed by atoms with Gasteiger partial charge in [-0.1, -0.05) is 123 Å². The van der Waals surface area contributed by atoms with Crippen molar-refractivity contribution in [3.63, 3.8) is 0 Å². The zero-order chi connectivity index (χ0) is 32.1. The van der Waals surface area contributed by atoms with Gasteiger partial charge in [0.1, 0.15) is 0 Å². The van der Waals surface area contributed by atoms with Crippen molar-refractivity contribution in [2.75, 3.05) is 0 Å². The first-order chi connectivity index (χ1) is 17.7. The number of rotatable bonds is 3. The molecule has 6 nitrogen and oxygen atoms in total. The SMILES string of the molecule is CC.CC.CC.CC.CCC.CCC.CCCC.Cc1cc(S(=O)(=O)O)cc2cc(S(=O)(=O)O)cc(C)c12. The summed E-state index contributed by atoms with van der Waals surface area (Å²) in [5.41, 5.74) is 1.16. The van der Waals surface area contributed by atoms with Crippen LogP contribution < -0.4 is 0 Å². The zero-order valence-corrected chi connectivity index (χ0v) is 29.1. The van der Waals surface area contributed by atoms with Crippen molar-refractivity contribution in [2.24, 2.45) is 0 Å². The van der Waals surface area contributed by atoms with Crippen LogP contribution in [-0.2, 0) is 20.2 Å². The molecule has 0 spiro atoms. The van der Waals surface area contributed by atoms with E-state index in [1.807, 2.05) is 55.4 Å². The fourth-order valence-electron chi connectivity index (χ4n) is 2.21. The molecule has 38 heavy (non-hydrogen) atoms. The Labute approximate surface area is 238 Å². The molecule has 0 heterocycles. The molecule has 0 aliphatic rings. The van der Waals surface area contributed by atoms with Crippen LogP contribution in [-0.4, -0.2) is 25.9 Å². The molecule has 0 fully saturated rings. The maximum atomic E-state index is 11.2. The lowest BCUT2D eigenvalue weighted by atomic mass is 10.0. The Morgan fingerprint density at radius 3 is 0.895 bits per heavy atom. The Balaban J connectivity index is -0.000000118. The molecule has 0 atom stereocenters. The normalized spacial score (nSPS) is 9.11. The molecule has 2 aromatic rings. The summed E-state index contributed by atoms with van der Waals surface area (Å²) in [5, 5.41) is 0.982. The fourth-order valence-corrected chi connectivity index (χ4v) is 3.41. The second-order valence-corrected chi connectivity index (χ2v) is 9.79. The van der Waals surface area contributed by atoms with Gasteiger partial charge >= 0.3 is 0 Å². The van der Waals surface area contributed by atoms with Gasteiger partial charge in [-0.15, -0.1) is 0 Å². The van der Waals surface area contributed by atoms with Crippen LogP contribution in [0.4, 0.5) is 0 Å². The lowest BCUT2D eigenvalue weighted by Gasteiger charge is -2.10. The van der Waals surface area contributed by atoms with Gasteiger partial charge in [-0.2, -0.15) is 16.8 Å². The van der Waals surface area contributed by atoms with E-state index >= 15 is 0 Å². The van der Waals surface area contributed by atoms with E-state index in [1.165, 1.54) is 49.9 Å². The minimum absolute atomic E-state index is 0.310. The minimum Gasteiger partial charge on any atom is -0.282 e. The topological polar surface area (TPSA) is 109 Å². The van der Waals surface area contributed by atoms with Gasteiger partial charge in [-0.05, 0) is 60.0 Å². The maximum absolute atomic E-state index is 11.2. The van der Waals surface area contributed by atoms with Crippen LogP contribution in [0.1, 0.15) is 134 Å². The van der Waals surface area contributed by atoms with E-state index in [0.717, 1.165) is 0 Å². The largest absolute Gasteiger partial charge is 0.294 e. The predicted octanol–water partition coefficient (Wildman–Crippen LogP) is 10.7. The average molecular weight is 583 g/mol. The molecule has 0 radical (unpaired) electrons. The monoisotopic (exact) mass is 582 g/mol. The molecule has 0 saturated carbocycles. The van der Waals surface area contributed by atoms with E-state index in [4.69, 9.17) is 9.11 Å². The Kier molecular flexibility index (Phi) is 41.3. The molecule has 2 aromatic carbocycles. The smallest absolute Gasteiger partial charge is 0.282 e. The molecular weight excluding hydrogens is 520 g/mol. The van der Waals surface area contributed by atoms with Crippen LogP contribution in [0, 0.1) is 13.8 Å². The lowest BCUT2D eigenvalue weighted by Crippen LogP contribution is -2.02. The fraction of sp³-hybridized carbons (Fsp3) is 0.667. The van der Waals surface area contributed by atoms with Gasteiger partial charge in [0.05, 0.1) is 9.79 Å². The highest BCUT2D eigenvalue weighted by atomic mass is 32.2. The summed E-state index contributed by atoms with van der Waals surface area (Å²) in [7, 11) is -8.78. The van der Waals surface area contributed by atoms with Crippen LogP contribution in [0.2, 0.25) is 0 Å². The third-order valence-electron chi connectivity index (χ3n) is 3.49. The first kappa shape index (κ1) is 49.5. The van der Waals surface area contributed by atoms with Gasteiger partial charge < -0.3 is 0 Å². The summed E-state index contributed by atoms with van der Waals surface area (Å²) in [4.78, 5) is -0.649. The van der Waals surface area contributed by atoms with Crippen LogP contribution in [0.15, 0.2) is 34.1 Å². The predicted molar refractivity (Wildman–Crippen MR) is 171 cm³/mol. The third-order valence-corrected chi connectivity index (χ3v) is 5.15. The molecule has 0 bridgehead atoms. The van der Waals surface area contributed by atoms with Crippen LogP contribution >= 0.6 is 0 Å². The summed E-state index contributed by atoms with van der Waals surface area (Å²) in [5.74, 6) is 0. The maximum Gasteiger partial charge on any atom is 0.294 e. The molecule has 0 aromatic heterocycles. The molecule has 0 amide bonds. The number of hydrogen-bond acceptors (Lipinski definition) is 4. The highest BCUT2D eigenvalue weighted by Gasteiger charge is 2.16. The van der Waals surface area contributed by atoms with Gasteiger partial charge in [0.25, 0.3) is 20.2 Å². The number of fused-ring (bicyclic) bond motifs is 1. The highest BCUT2D eigenvalue weighted by Crippen LogP contribution is 2.29. The number of unbranched alkanes of at least 4 members (excludes halogenated alkanes) is 1. The Morgan fingerprint density at radius 1 is 0.526 bits per heavy atom. The van der Waals surface area contributed by atoms with Crippen LogP contribution in [0.5, 0.6) is 0 Å². The van der Waals surface area contributed by atoms with Crippen molar-refractivity contribution in [3.8, 4) is 0 Å². The van der Waals surface area contributed by atoms with Crippen LogP contribution in [0.25, 0.3) is 10.8 Å². The summed E-state index contributed by atoms with van der Waals surface area (Å²) in [6.07, 6.45) is 5.14. The standard InChI is InChI=1S/C12H12O6S2.C4H10.2C3H8.4C2H6/c1-7-3-10(19(13,14)15)5-9-6-11(20(16,17)18)4-8(2)12(7)9;1-3-4-2;2*1-3-2;4*1-2/h3-6H,1-2H3,(H,13,14,15)(H,16,17,18);3-4H2,1-2H3;2*3H2,1-2H3;4*1-2H3. The van der Waals surface area contributed by atoms with Crippen molar-refractivity contribution in [2.45, 2.75) is 146 Å². The van der Waals surface area contributed by atoms with Crippen molar-refractivity contribution in [1.29, 1.82) is 0 Å². The number of hydrogen-bond donors (Lipinski definition) is 2. The Hall–Kier alpha value is -1.48. The van der Waals surface area contributed by atoms with Crippen LogP contribution in [0.3, 0.4) is 0 Å². The third kappa shape index (κ3) is 24.8. The summed E-state index contributed by atoms with van der Waals surface area (Å²) in [6.45, 7) is 32.2. The number of aryl methyl sites for hydroxylation is 2. The first-order valence-corrected chi connectivity index (χ1v) is 17.1. The lowest BCUT2D eigenvalue weighted by molar-refractivity contribution is 0.481. The van der Waals surface area contributed by atoms with Crippen molar-refractivity contribution in [1.82, 2.24) is 0 Å². The van der Waals surface area contributed by atoms with Crippen molar-refractivity contribution >= 4 is 31.0 Å². The summed E-state index contributed by atoms with van der Waals surface area (Å²) in [6, 6.07) is 4.94. The van der Waals surface area contributed by atoms with E-state index < -0.39 is 20.2 Å². The number of benzene rings is 2. The molecule has 0 aliphatic heterocycles. The second-order valence-electron chi connectivity index (χ2n) is 6.94. The molecule has 2 N–H and O–H groups in total. The Bertz CT molecular complexity index is 905. The molecular formula is C30H62O6S2. The molecule has 2 rings (SSSR count). The van der Waals surface area contributed by atoms with Gasteiger partial charge in [0.15, 0.2) is 0 Å². The quantitative estimate of drug-likeness (QED) is 0.348. The van der Waals surface area contributed by atoms with E-state index in [-0.39, 0.29) is 9.79 Å².